The number of carbonyl (C=O) groups is 2. The van der Waals surface area contributed by atoms with E-state index in [0.717, 1.165) is 5.56 Å². The summed E-state index contributed by atoms with van der Waals surface area (Å²) in [6.45, 7) is 6.14. The molecule has 2 rings (SSSR count). The van der Waals surface area contributed by atoms with Crippen LogP contribution < -0.4 is 11.1 Å². The van der Waals surface area contributed by atoms with Crippen LogP contribution in [0.3, 0.4) is 0 Å². The third kappa shape index (κ3) is 4.42. The van der Waals surface area contributed by atoms with Gasteiger partial charge in [-0.15, -0.1) is 0 Å². The van der Waals surface area contributed by atoms with Crippen LogP contribution in [0.1, 0.15) is 41.8 Å². The van der Waals surface area contributed by atoms with E-state index < -0.39 is 5.91 Å². The number of amides is 2. The van der Waals surface area contributed by atoms with Gasteiger partial charge in [0, 0.05) is 17.7 Å². The van der Waals surface area contributed by atoms with Crippen LogP contribution in [-0.2, 0) is 10.2 Å². The lowest BCUT2D eigenvalue weighted by atomic mass is 9.81. The molecule has 0 aliphatic rings. The minimum atomic E-state index is -0.483. The van der Waals surface area contributed by atoms with Crippen molar-refractivity contribution in [3.8, 4) is 0 Å². The van der Waals surface area contributed by atoms with E-state index in [-0.39, 0.29) is 11.3 Å². The maximum absolute atomic E-state index is 12.3. The Morgan fingerprint density at radius 3 is 2.09 bits per heavy atom. The molecule has 0 saturated heterocycles. The molecule has 0 spiro atoms. The van der Waals surface area contributed by atoms with Gasteiger partial charge < -0.3 is 11.1 Å². The van der Waals surface area contributed by atoms with E-state index in [4.69, 9.17) is 5.73 Å². The predicted octanol–water partition coefficient (Wildman–Crippen LogP) is 3.40. The second-order valence-corrected chi connectivity index (χ2v) is 6.42. The van der Waals surface area contributed by atoms with E-state index in [2.05, 4.69) is 29.6 Å². The first-order valence-electron chi connectivity index (χ1n) is 7.55. The van der Waals surface area contributed by atoms with Gasteiger partial charge in [0.1, 0.15) is 0 Å². The highest BCUT2D eigenvalue weighted by molar-refractivity contribution is 5.95. The fraction of sp³-hybridized carbons (Fsp3) is 0.263. The first-order valence-corrected chi connectivity index (χ1v) is 7.55. The number of carbonyl (C=O) groups excluding carboxylic acids is 2. The van der Waals surface area contributed by atoms with Crippen LogP contribution in [-0.4, -0.2) is 11.8 Å². The fourth-order valence-corrected chi connectivity index (χ4v) is 2.43. The summed E-state index contributed by atoms with van der Waals surface area (Å²) >= 11 is 0. The Morgan fingerprint density at radius 2 is 1.57 bits per heavy atom. The van der Waals surface area contributed by atoms with Crippen LogP contribution in [0, 0.1) is 6.92 Å². The molecule has 0 aromatic heterocycles. The normalized spacial score (nSPS) is 11.1. The summed E-state index contributed by atoms with van der Waals surface area (Å²) in [5.41, 5.74) is 8.33. The van der Waals surface area contributed by atoms with Gasteiger partial charge in [-0.1, -0.05) is 43.7 Å². The van der Waals surface area contributed by atoms with Crippen molar-refractivity contribution in [2.24, 2.45) is 5.73 Å². The van der Waals surface area contributed by atoms with Gasteiger partial charge in [0.05, 0.1) is 0 Å². The summed E-state index contributed by atoms with van der Waals surface area (Å²) in [7, 11) is 0. The second kappa shape index (κ2) is 6.65. The number of anilines is 1. The molecule has 2 aromatic rings. The lowest BCUT2D eigenvalue weighted by molar-refractivity contribution is -0.117. The molecule has 0 saturated carbocycles. The maximum Gasteiger partial charge on any atom is 0.248 e. The van der Waals surface area contributed by atoms with Gasteiger partial charge in [0.15, 0.2) is 0 Å². The molecule has 23 heavy (non-hydrogen) atoms. The zero-order valence-corrected chi connectivity index (χ0v) is 13.7. The molecule has 2 aromatic carbocycles. The van der Waals surface area contributed by atoms with Crippen LogP contribution in [0.4, 0.5) is 5.69 Å². The molecular weight excluding hydrogens is 288 g/mol. The molecule has 4 heteroatoms. The van der Waals surface area contributed by atoms with Crippen molar-refractivity contribution >= 4 is 17.5 Å². The Bertz CT molecular complexity index is 701. The van der Waals surface area contributed by atoms with Gasteiger partial charge in [-0.05, 0) is 42.2 Å². The van der Waals surface area contributed by atoms with Crippen molar-refractivity contribution in [2.45, 2.75) is 32.6 Å². The molecule has 2 amide bonds. The van der Waals surface area contributed by atoms with E-state index in [1.807, 2.05) is 20.8 Å². The third-order valence-corrected chi connectivity index (χ3v) is 3.89. The molecule has 0 fully saturated rings. The Morgan fingerprint density at radius 1 is 1.00 bits per heavy atom. The quantitative estimate of drug-likeness (QED) is 0.888. The molecule has 0 unspecified atom stereocenters. The smallest absolute Gasteiger partial charge is 0.248 e. The first kappa shape index (κ1) is 16.7. The number of aryl methyl sites for hydroxylation is 1. The SMILES string of the molecule is Cc1ccc(C(C)(C)CC(=O)Nc2ccc(C(N)=O)cc2)cc1. The van der Waals surface area contributed by atoms with E-state index in [9.17, 15) is 9.59 Å². The second-order valence-electron chi connectivity index (χ2n) is 6.42. The van der Waals surface area contributed by atoms with Gasteiger partial charge in [-0.3, -0.25) is 9.59 Å². The molecule has 0 radical (unpaired) electrons. The van der Waals surface area contributed by atoms with Crippen molar-refractivity contribution in [3.63, 3.8) is 0 Å². The van der Waals surface area contributed by atoms with Crippen molar-refractivity contribution < 1.29 is 9.59 Å². The average Bonchev–Trinajstić information content (AvgIpc) is 2.47. The fourth-order valence-electron chi connectivity index (χ4n) is 2.43. The summed E-state index contributed by atoms with van der Waals surface area (Å²) < 4.78 is 0. The third-order valence-electron chi connectivity index (χ3n) is 3.89. The highest BCUT2D eigenvalue weighted by atomic mass is 16.2. The summed E-state index contributed by atoms with van der Waals surface area (Å²) in [5.74, 6) is -0.550. The Balaban J connectivity index is 2.03. The molecule has 3 N–H and O–H groups in total. The number of hydrogen-bond acceptors (Lipinski definition) is 2. The number of hydrogen-bond donors (Lipinski definition) is 2. The molecule has 0 aliphatic heterocycles. The highest BCUT2D eigenvalue weighted by Crippen LogP contribution is 2.27. The zero-order chi connectivity index (χ0) is 17.0. The number of nitrogens with one attached hydrogen (secondary N) is 1. The maximum atomic E-state index is 12.3. The average molecular weight is 310 g/mol. The largest absolute Gasteiger partial charge is 0.366 e. The topological polar surface area (TPSA) is 72.2 Å². The van der Waals surface area contributed by atoms with E-state index >= 15 is 0 Å². The van der Waals surface area contributed by atoms with Gasteiger partial charge in [0.25, 0.3) is 0 Å². The summed E-state index contributed by atoms with van der Waals surface area (Å²) in [4.78, 5) is 23.3. The number of rotatable bonds is 5. The standard InChI is InChI=1S/C19H22N2O2/c1-13-4-8-15(9-5-13)19(2,3)12-17(22)21-16-10-6-14(7-11-16)18(20)23/h4-11H,12H2,1-3H3,(H2,20,23)(H,21,22). The van der Waals surface area contributed by atoms with Crippen molar-refractivity contribution in [1.29, 1.82) is 0 Å². The van der Waals surface area contributed by atoms with Crippen LogP contribution >= 0.6 is 0 Å². The van der Waals surface area contributed by atoms with Crippen LogP contribution in [0.2, 0.25) is 0 Å². The number of benzene rings is 2. The Labute approximate surface area is 136 Å². The molecule has 0 bridgehead atoms. The number of nitrogens with two attached hydrogens (primary N) is 1. The Hall–Kier alpha value is -2.62. The van der Waals surface area contributed by atoms with Crippen LogP contribution in [0.15, 0.2) is 48.5 Å². The van der Waals surface area contributed by atoms with E-state index in [1.165, 1.54) is 5.56 Å². The highest BCUT2D eigenvalue weighted by Gasteiger charge is 2.24. The van der Waals surface area contributed by atoms with Crippen molar-refractivity contribution in [3.05, 3.63) is 65.2 Å². The molecule has 0 heterocycles. The van der Waals surface area contributed by atoms with Crippen LogP contribution in [0.25, 0.3) is 0 Å². The molecule has 0 aliphatic carbocycles. The molecule has 4 nitrogen and oxygen atoms in total. The van der Waals surface area contributed by atoms with Crippen LogP contribution in [0.5, 0.6) is 0 Å². The first-order chi connectivity index (χ1) is 10.8. The molecular formula is C19H22N2O2. The minimum Gasteiger partial charge on any atom is -0.366 e. The lowest BCUT2D eigenvalue weighted by Crippen LogP contribution is -2.25. The van der Waals surface area contributed by atoms with Gasteiger partial charge in [0.2, 0.25) is 11.8 Å². The summed E-state index contributed by atoms with van der Waals surface area (Å²) in [6.07, 6.45) is 0.369. The monoisotopic (exact) mass is 310 g/mol. The van der Waals surface area contributed by atoms with Crippen molar-refractivity contribution in [1.82, 2.24) is 0 Å². The predicted molar refractivity (Wildman–Crippen MR) is 92.4 cm³/mol. The molecule has 120 valence electrons. The number of primary amides is 1. The summed E-state index contributed by atoms with van der Waals surface area (Å²) in [6, 6.07) is 14.8. The van der Waals surface area contributed by atoms with E-state index in [0.29, 0.717) is 17.7 Å². The van der Waals surface area contributed by atoms with Gasteiger partial charge in [-0.25, -0.2) is 0 Å². The van der Waals surface area contributed by atoms with E-state index in [1.54, 1.807) is 24.3 Å². The zero-order valence-electron chi connectivity index (χ0n) is 13.7. The lowest BCUT2D eigenvalue weighted by Gasteiger charge is -2.24. The Kier molecular flexibility index (Phi) is 4.84. The van der Waals surface area contributed by atoms with Gasteiger partial charge >= 0.3 is 0 Å². The summed E-state index contributed by atoms with van der Waals surface area (Å²) in [5, 5.41) is 2.85. The van der Waals surface area contributed by atoms with Gasteiger partial charge in [-0.2, -0.15) is 0 Å². The van der Waals surface area contributed by atoms with Crippen molar-refractivity contribution in [2.75, 3.05) is 5.32 Å². The minimum absolute atomic E-state index is 0.0672. The molecule has 0 atom stereocenters.